The van der Waals surface area contributed by atoms with Crippen molar-refractivity contribution in [2.24, 2.45) is 4.99 Å². The fourth-order valence-electron chi connectivity index (χ4n) is 1.92. The summed E-state index contributed by atoms with van der Waals surface area (Å²) in [6.45, 7) is 5.83. The molecule has 0 aliphatic carbocycles. The second-order valence-electron chi connectivity index (χ2n) is 4.25. The average molecular weight is 204 g/mol. The molecular formula is C11H12N2O2. The molecule has 0 amide bonds. The van der Waals surface area contributed by atoms with Gasteiger partial charge in [-0.25, -0.2) is 0 Å². The molecular weight excluding hydrogens is 192 g/mol. The molecule has 15 heavy (non-hydrogen) atoms. The molecule has 1 heterocycles. The first-order valence-corrected chi connectivity index (χ1v) is 4.78. The molecule has 2 rings (SSSR count). The highest BCUT2D eigenvalue weighted by atomic mass is 16.6. The van der Waals surface area contributed by atoms with E-state index < -0.39 is 0 Å². The summed E-state index contributed by atoms with van der Waals surface area (Å²) in [6.07, 6.45) is 0. The molecule has 78 valence electrons. The average Bonchev–Trinajstić information content (AvgIpc) is 2.38. The van der Waals surface area contributed by atoms with Crippen LogP contribution < -0.4 is 0 Å². The topological polar surface area (TPSA) is 55.5 Å². The van der Waals surface area contributed by atoms with Crippen LogP contribution in [0.3, 0.4) is 0 Å². The van der Waals surface area contributed by atoms with Gasteiger partial charge >= 0.3 is 0 Å². The number of hydrogen-bond donors (Lipinski definition) is 0. The van der Waals surface area contributed by atoms with E-state index in [4.69, 9.17) is 0 Å². The molecule has 1 aliphatic rings. The van der Waals surface area contributed by atoms with E-state index in [-0.39, 0.29) is 16.0 Å². The minimum atomic E-state index is -0.339. The molecule has 0 unspecified atom stereocenters. The molecule has 0 saturated carbocycles. The van der Waals surface area contributed by atoms with E-state index in [1.165, 1.54) is 6.07 Å². The predicted molar refractivity (Wildman–Crippen MR) is 58.9 cm³/mol. The lowest BCUT2D eigenvalue weighted by Crippen LogP contribution is -2.23. The number of aliphatic imine (C=N–C) groups is 1. The Hall–Kier alpha value is -1.71. The van der Waals surface area contributed by atoms with Crippen molar-refractivity contribution in [3.8, 4) is 0 Å². The van der Waals surface area contributed by atoms with Crippen molar-refractivity contribution in [2.45, 2.75) is 26.2 Å². The number of benzene rings is 1. The normalized spacial score (nSPS) is 17.1. The second-order valence-corrected chi connectivity index (χ2v) is 4.25. The summed E-state index contributed by atoms with van der Waals surface area (Å²) in [7, 11) is 0. The van der Waals surface area contributed by atoms with E-state index in [1.807, 2.05) is 26.8 Å². The molecule has 0 N–H and O–H groups in total. The van der Waals surface area contributed by atoms with Gasteiger partial charge in [0.25, 0.3) is 5.69 Å². The van der Waals surface area contributed by atoms with Gasteiger partial charge in [-0.05, 0) is 13.0 Å². The van der Waals surface area contributed by atoms with Crippen molar-refractivity contribution in [3.63, 3.8) is 0 Å². The lowest BCUT2D eigenvalue weighted by molar-refractivity contribution is -0.385. The maximum absolute atomic E-state index is 10.9. The third-order valence-electron chi connectivity index (χ3n) is 3.03. The van der Waals surface area contributed by atoms with Crippen molar-refractivity contribution in [3.05, 3.63) is 33.9 Å². The van der Waals surface area contributed by atoms with E-state index in [0.717, 1.165) is 17.0 Å². The minimum absolute atomic E-state index is 0.165. The van der Waals surface area contributed by atoms with E-state index in [9.17, 15) is 10.1 Å². The zero-order chi connectivity index (χ0) is 11.2. The van der Waals surface area contributed by atoms with Gasteiger partial charge < -0.3 is 0 Å². The number of nitrogens with zero attached hydrogens (tertiary/aromatic N) is 2. The van der Waals surface area contributed by atoms with Crippen LogP contribution in [0.4, 0.5) is 11.4 Å². The molecule has 1 aliphatic heterocycles. The highest BCUT2D eigenvalue weighted by molar-refractivity contribution is 6.00. The monoisotopic (exact) mass is 204 g/mol. The summed E-state index contributed by atoms with van der Waals surface area (Å²) in [5.41, 5.74) is 2.21. The molecule has 4 nitrogen and oxygen atoms in total. The molecule has 0 fully saturated rings. The molecule has 0 atom stereocenters. The lowest BCUT2D eigenvalue weighted by Gasteiger charge is -2.19. The smallest absolute Gasteiger partial charge is 0.258 e. The zero-order valence-corrected chi connectivity index (χ0v) is 8.94. The molecule has 4 heteroatoms. The maximum atomic E-state index is 10.9. The van der Waals surface area contributed by atoms with Gasteiger partial charge in [0.2, 0.25) is 0 Å². The SMILES string of the molecule is CC1=Nc2cccc([N+](=O)[O-])c2C1(C)C. The quantitative estimate of drug-likeness (QED) is 0.521. The van der Waals surface area contributed by atoms with Crippen LogP contribution in [0.15, 0.2) is 23.2 Å². The summed E-state index contributed by atoms with van der Waals surface area (Å²) in [4.78, 5) is 14.9. The van der Waals surface area contributed by atoms with Gasteiger partial charge in [0.05, 0.1) is 16.2 Å². The van der Waals surface area contributed by atoms with Crippen molar-refractivity contribution < 1.29 is 4.92 Å². The highest BCUT2D eigenvalue weighted by Gasteiger charge is 2.38. The largest absolute Gasteiger partial charge is 0.275 e. The summed E-state index contributed by atoms with van der Waals surface area (Å²) in [5.74, 6) is 0. The Morgan fingerprint density at radius 2 is 2.07 bits per heavy atom. The Bertz CT molecular complexity index is 475. The Labute approximate surface area is 87.8 Å². The van der Waals surface area contributed by atoms with Crippen molar-refractivity contribution >= 4 is 17.1 Å². The van der Waals surface area contributed by atoms with Gasteiger partial charge in [-0.3, -0.25) is 15.1 Å². The molecule has 0 spiro atoms. The van der Waals surface area contributed by atoms with Crippen molar-refractivity contribution in [2.75, 3.05) is 0 Å². The first-order valence-electron chi connectivity index (χ1n) is 4.78. The van der Waals surface area contributed by atoms with Crippen molar-refractivity contribution in [1.29, 1.82) is 0 Å². The number of hydrogen-bond acceptors (Lipinski definition) is 3. The van der Waals surface area contributed by atoms with Gasteiger partial charge in [0, 0.05) is 17.2 Å². The second kappa shape index (κ2) is 2.89. The van der Waals surface area contributed by atoms with Crippen LogP contribution in [0.25, 0.3) is 0 Å². The molecule has 0 radical (unpaired) electrons. The number of nitro groups is 1. The zero-order valence-electron chi connectivity index (χ0n) is 8.94. The van der Waals surface area contributed by atoms with Gasteiger partial charge in [0.15, 0.2) is 0 Å². The maximum Gasteiger partial charge on any atom is 0.275 e. The van der Waals surface area contributed by atoms with Crippen LogP contribution in [0.5, 0.6) is 0 Å². The Balaban J connectivity index is 2.73. The van der Waals surface area contributed by atoms with Crippen LogP contribution in [-0.2, 0) is 5.41 Å². The summed E-state index contributed by atoms with van der Waals surface area (Å²) >= 11 is 0. The first kappa shape index (κ1) is 9.83. The minimum Gasteiger partial charge on any atom is -0.258 e. The summed E-state index contributed by atoms with van der Waals surface area (Å²) in [6, 6.07) is 5.03. The highest BCUT2D eigenvalue weighted by Crippen LogP contribution is 2.44. The fourth-order valence-corrected chi connectivity index (χ4v) is 1.92. The van der Waals surface area contributed by atoms with Gasteiger partial charge in [-0.15, -0.1) is 0 Å². The van der Waals surface area contributed by atoms with Gasteiger partial charge in [-0.1, -0.05) is 19.9 Å². The van der Waals surface area contributed by atoms with Crippen LogP contribution in [0.2, 0.25) is 0 Å². The van der Waals surface area contributed by atoms with Gasteiger partial charge in [0.1, 0.15) is 0 Å². The Morgan fingerprint density at radius 1 is 1.40 bits per heavy atom. The van der Waals surface area contributed by atoms with Crippen LogP contribution in [0, 0.1) is 10.1 Å². The van der Waals surface area contributed by atoms with E-state index in [2.05, 4.69) is 4.99 Å². The Morgan fingerprint density at radius 3 is 2.67 bits per heavy atom. The fraction of sp³-hybridized carbons (Fsp3) is 0.364. The Kier molecular flexibility index (Phi) is 1.89. The number of rotatable bonds is 1. The van der Waals surface area contributed by atoms with Crippen LogP contribution in [0.1, 0.15) is 26.3 Å². The van der Waals surface area contributed by atoms with Gasteiger partial charge in [-0.2, -0.15) is 0 Å². The van der Waals surface area contributed by atoms with Crippen LogP contribution in [-0.4, -0.2) is 10.6 Å². The predicted octanol–water partition coefficient (Wildman–Crippen LogP) is 2.98. The van der Waals surface area contributed by atoms with E-state index in [1.54, 1.807) is 6.07 Å². The summed E-state index contributed by atoms with van der Waals surface area (Å²) < 4.78 is 0. The van der Waals surface area contributed by atoms with Crippen molar-refractivity contribution in [1.82, 2.24) is 0 Å². The third-order valence-corrected chi connectivity index (χ3v) is 3.03. The summed E-state index contributed by atoms with van der Waals surface area (Å²) in [5, 5.41) is 10.9. The molecule has 1 aromatic carbocycles. The van der Waals surface area contributed by atoms with Crippen LogP contribution >= 0.6 is 0 Å². The number of nitro benzene ring substituents is 1. The molecule has 0 saturated heterocycles. The molecule has 1 aromatic rings. The standard InChI is InChI=1S/C11H12N2O2/c1-7-11(2,3)10-8(12-7)5-4-6-9(10)13(14)15/h4-6H,1-3H3. The lowest BCUT2D eigenvalue weighted by atomic mass is 9.81. The molecule has 0 bridgehead atoms. The van der Waals surface area contributed by atoms with E-state index >= 15 is 0 Å². The number of fused-ring (bicyclic) bond motifs is 1. The molecule has 0 aromatic heterocycles. The van der Waals surface area contributed by atoms with E-state index in [0.29, 0.717) is 0 Å². The first-order chi connectivity index (χ1) is 6.94. The third kappa shape index (κ3) is 1.25.